The first kappa shape index (κ1) is 22.9. The van der Waals surface area contributed by atoms with Crippen LogP contribution in [0.1, 0.15) is 57.6 Å². The molecule has 0 radical (unpaired) electrons. The van der Waals surface area contributed by atoms with Gasteiger partial charge in [-0.25, -0.2) is 13.8 Å². The Balaban J connectivity index is 1.25. The lowest BCUT2D eigenvalue weighted by molar-refractivity contribution is 0.0697. The number of benzene rings is 2. The summed E-state index contributed by atoms with van der Waals surface area (Å²) in [6.45, 7) is 1.17. The number of likely N-dealkylation sites (tertiary alicyclic amines) is 1. The molecule has 0 saturated carbocycles. The molecular formula is C28H25F2N3O2. The zero-order valence-corrected chi connectivity index (χ0v) is 19.2. The van der Waals surface area contributed by atoms with E-state index in [1.165, 1.54) is 24.3 Å². The zero-order chi connectivity index (χ0) is 24.2. The van der Waals surface area contributed by atoms with Gasteiger partial charge in [-0.1, -0.05) is 24.3 Å². The fraction of sp³-hybridized carbons (Fsp3) is 0.250. The number of carbonyl (C=O) groups excluding carboxylic acids is 1. The number of halogens is 2. The average Bonchev–Trinajstić information content (AvgIpc) is 3.32. The van der Waals surface area contributed by atoms with Crippen molar-refractivity contribution < 1.29 is 18.0 Å². The van der Waals surface area contributed by atoms with Crippen LogP contribution in [0.4, 0.5) is 8.78 Å². The first-order chi connectivity index (χ1) is 17.0. The van der Waals surface area contributed by atoms with Crippen molar-refractivity contribution in [2.24, 2.45) is 0 Å². The van der Waals surface area contributed by atoms with Crippen LogP contribution >= 0.6 is 0 Å². The number of amides is 1. The minimum absolute atomic E-state index is 0.00237. The number of nitrogens with zero attached hydrogens (tertiary/aromatic N) is 3. The van der Waals surface area contributed by atoms with Crippen LogP contribution in [-0.4, -0.2) is 33.9 Å². The Kier molecular flexibility index (Phi) is 6.66. The van der Waals surface area contributed by atoms with Gasteiger partial charge in [0, 0.05) is 43.4 Å². The van der Waals surface area contributed by atoms with E-state index in [9.17, 15) is 13.6 Å². The van der Waals surface area contributed by atoms with Crippen LogP contribution in [0.2, 0.25) is 0 Å². The Morgan fingerprint density at radius 2 is 1.71 bits per heavy atom. The smallest absolute Gasteiger partial charge is 0.253 e. The fourth-order valence-electron chi connectivity index (χ4n) is 4.55. The highest BCUT2D eigenvalue weighted by atomic mass is 19.1. The Morgan fingerprint density at radius 3 is 2.46 bits per heavy atom. The molecule has 35 heavy (non-hydrogen) atoms. The second-order valence-corrected chi connectivity index (χ2v) is 8.90. The topological polar surface area (TPSA) is 59.2 Å². The molecule has 1 saturated heterocycles. The molecule has 1 amide bonds. The molecule has 1 fully saturated rings. The number of carbonyl (C=O) groups is 1. The number of hydrogen-bond acceptors (Lipinski definition) is 4. The third-order valence-corrected chi connectivity index (χ3v) is 6.23. The molecule has 3 heterocycles. The highest BCUT2D eigenvalue weighted by Gasteiger charge is 2.28. The number of pyridine rings is 1. The number of hydrogen-bond donors (Lipinski definition) is 0. The van der Waals surface area contributed by atoms with Crippen molar-refractivity contribution >= 4 is 5.91 Å². The minimum Gasteiger partial charge on any atom is -0.445 e. The van der Waals surface area contributed by atoms with Gasteiger partial charge in [-0.05, 0) is 60.4 Å². The predicted molar refractivity (Wildman–Crippen MR) is 127 cm³/mol. The van der Waals surface area contributed by atoms with E-state index in [4.69, 9.17) is 4.42 Å². The number of oxazole rings is 1. The molecule has 0 bridgehead atoms. The van der Waals surface area contributed by atoms with Gasteiger partial charge >= 0.3 is 0 Å². The van der Waals surface area contributed by atoms with Gasteiger partial charge in [0.05, 0.1) is 12.1 Å². The summed E-state index contributed by atoms with van der Waals surface area (Å²) in [5.74, 6) is 0.644. The molecule has 5 rings (SSSR count). The maximum Gasteiger partial charge on any atom is 0.253 e. The van der Waals surface area contributed by atoms with Crippen molar-refractivity contribution in [1.29, 1.82) is 0 Å². The second-order valence-electron chi connectivity index (χ2n) is 8.90. The predicted octanol–water partition coefficient (Wildman–Crippen LogP) is 5.55. The largest absolute Gasteiger partial charge is 0.445 e. The van der Waals surface area contributed by atoms with Gasteiger partial charge in [0.15, 0.2) is 5.89 Å². The van der Waals surface area contributed by atoms with Gasteiger partial charge in [0.2, 0.25) is 0 Å². The number of rotatable bonds is 6. The SMILES string of the molecule is O=C(c1ccnc(Cc2cccc(F)c2)c1)N1CCCC(c2ncc(Cc3cccc(F)c3)o2)C1. The third-order valence-electron chi connectivity index (χ3n) is 6.23. The van der Waals surface area contributed by atoms with Crippen molar-refractivity contribution in [1.82, 2.24) is 14.9 Å². The van der Waals surface area contributed by atoms with Gasteiger partial charge in [0.25, 0.3) is 5.91 Å². The molecule has 178 valence electrons. The van der Waals surface area contributed by atoms with Gasteiger partial charge < -0.3 is 9.32 Å². The minimum atomic E-state index is -0.292. The van der Waals surface area contributed by atoms with E-state index in [1.54, 1.807) is 36.7 Å². The highest BCUT2D eigenvalue weighted by molar-refractivity contribution is 5.94. The Labute approximate surface area is 202 Å². The fourth-order valence-corrected chi connectivity index (χ4v) is 4.55. The van der Waals surface area contributed by atoms with Gasteiger partial charge in [-0.2, -0.15) is 0 Å². The third kappa shape index (κ3) is 5.62. The molecule has 0 spiro atoms. The lowest BCUT2D eigenvalue weighted by Crippen LogP contribution is -2.39. The zero-order valence-electron chi connectivity index (χ0n) is 19.2. The van der Waals surface area contributed by atoms with Crippen LogP contribution in [-0.2, 0) is 12.8 Å². The monoisotopic (exact) mass is 473 g/mol. The maximum atomic E-state index is 13.5. The molecule has 4 aromatic rings. The molecule has 5 nitrogen and oxygen atoms in total. The molecule has 1 atom stereocenters. The van der Waals surface area contributed by atoms with E-state index in [0.717, 1.165) is 24.0 Å². The van der Waals surface area contributed by atoms with Crippen LogP contribution in [0.3, 0.4) is 0 Å². The molecule has 0 N–H and O–H groups in total. The summed E-state index contributed by atoms with van der Waals surface area (Å²) in [4.78, 5) is 23.9. The summed E-state index contributed by atoms with van der Waals surface area (Å²) in [6, 6.07) is 16.3. The summed E-state index contributed by atoms with van der Waals surface area (Å²) >= 11 is 0. The van der Waals surface area contributed by atoms with Crippen LogP contribution in [0, 0.1) is 11.6 Å². The summed E-state index contributed by atoms with van der Waals surface area (Å²) in [7, 11) is 0. The summed E-state index contributed by atoms with van der Waals surface area (Å²) in [5.41, 5.74) is 2.90. The molecule has 1 unspecified atom stereocenters. The average molecular weight is 474 g/mol. The molecule has 2 aromatic carbocycles. The van der Waals surface area contributed by atoms with Gasteiger partial charge in [-0.3, -0.25) is 9.78 Å². The van der Waals surface area contributed by atoms with E-state index in [2.05, 4.69) is 9.97 Å². The Morgan fingerprint density at radius 1 is 0.971 bits per heavy atom. The van der Waals surface area contributed by atoms with Crippen molar-refractivity contribution in [3.05, 3.63) is 119 Å². The van der Waals surface area contributed by atoms with Gasteiger partial charge in [-0.15, -0.1) is 0 Å². The normalized spacial score (nSPS) is 15.8. The Hall–Kier alpha value is -3.87. The van der Waals surface area contributed by atoms with Gasteiger partial charge in [0.1, 0.15) is 17.4 Å². The van der Waals surface area contributed by atoms with Crippen molar-refractivity contribution in [2.45, 2.75) is 31.6 Å². The number of piperidine rings is 1. The highest BCUT2D eigenvalue weighted by Crippen LogP contribution is 2.28. The van der Waals surface area contributed by atoms with Crippen LogP contribution < -0.4 is 0 Å². The number of aromatic nitrogens is 2. The first-order valence-electron chi connectivity index (χ1n) is 11.7. The van der Waals surface area contributed by atoms with E-state index in [-0.39, 0.29) is 23.5 Å². The summed E-state index contributed by atoms with van der Waals surface area (Å²) in [5, 5.41) is 0. The maximum absolute atomic E-state index is 13.5. The molecule has 2 aromatic heterocycles. The lowest BCUT2D eigenvalue weighted by atomic mass is 9.97. The summed E-state index contributed by atoms with van der Waals surface area (Å²) in [6.07, 6.45) is 5.94. The van der Waals surface area contributed by atoms with Crippen molar-refractivity contribution in [3.63, 3.8) is 0 Å². The van der Waals surface area contributed by atoms with Crippen LogP contribution in [0.15, 0.2) is 77.5 Å². The molecule has 1 aliphatic rings. The summed E-state index contributed by atoms with van der Waals surface area (Å²) < 4.78 is 33.0. The van der Waals surface area contributed by atoms with Crippen molar-refractivity contribution in [2.75, 3.05) is 13.1 Å². The quantitative estimate of drug-likeness (QED) is 0.369. The van der Waals surface area contributed by atoms with Crippen molar-refractivity contribution in [3.8, 4) is 0 Å². The molecule has 7 heteroatoms. The molecule has 1 aliphatic heterocycles. The van der Waals surface area contributed by atoms with E-state index in [0.29, 0.717) is 48.8 Å². The lowest BCUT2D eigenvalue weighted by Gasteiger charge is -2.31. The second kappa shape index (κ2) is 10.2. The Bertz CT molecular complexity index is 1340. The van der Waals surface area contributed by atoms with E-state index < -0.39 is 0 Å². The molecule has 0 aliphatic carbocycles. The van der Waals surface area contributed by atoms with Crippen LogP contribution in [0.5, 0.6) is 0 Å². The molecular weight excluding hydrogens is 448 g/mol. The van der Waals surface area contributed by atoms with E-state index >= 15 is 0 Å². The standard InChI is InChI=1S/C28H25F2N3O2/c29-23-7-1-4-19(12-23)14-25-16-21(9-10-31-25)28(34)33-11-3-6-22(18-33)27-32-17-26(35-27)15-20-5-2-8-24(30)13-20/h1-2,4-5,7-10,12-13,16-17,22H,3,6,11,14-15,18H2. The van der Waals surface area contributed by atoms with Crippen LogP contribution in [0.25, 0.3) is 0 Å². The first-order valence-corrected chi connectivity index (χ1v) is 11.7. The van der Waals surface area contributed by atoms with E-state index in [1.807, 2.05) is 17.0 Å².